The van der Waals surface area contributed by atoms with Gasteiger partial charge in [-0.25, -0.2) is 0 Å². The molecule has 0 bridgehead atoms. The first-order valence-corrected chi connectivity index (χ1v) is 12.4. The van der Waals surface area contributed by atoms with Gasteiger partial charge in [-0.2, -0.15) is 0 Å². The van der Waals surface area contributed by atoms with Crippen LogP contribution in [0.1, 0.15) is 124 Å². The molecule has 0 aromatic heterocycles. The molecule has 1 unspecified atom stereocenters. The summed E-state index contributed by atoms with van der Waals surface area (Å²) in [6, 6.07) is 0. The topological polar surface area (TPSA) is 63.6 Å². The van der Waals surface area contributed by atoms with Crippen LogP contribution in [0, 0.1) is 17.8 Å². The third-order valence-electron chi connectivity index (χ3n) is 6.38. The average Bonchev–Trinajstić information content (AvgIpc) is 2.69. The van der Waals surface area contributed by atoms with Gasteiger partial charge >= 0.3 is 11.9 Å². The summed E-state index contributed by atoms with van der Waals surface area (Å²) < 4.78 is 5.95. The van der Waals surface area contributed by atoms with Gasteiger partial charge in [0, 0.05) is 0 Å². The van der Waals surface area contributed by atoms with E-state index < -0.39 is 5.97 Å². The van der Waals surface area contributed by atoms with E-state index in [9.17, 15) is 9.59 Å². The van der Waals surface area contributed by atoms with Gasteiger partial charge in [0.05, 0.1) is 11.8 Å². The van der Waals surface area contributed by atoms with Crippen LogP contribution in [0.4, 0.5) is 0 Å². The Morgan fingerprint density at radius 3 is 1.76 bits per heavy atom. The fourth-order valence-electron chi connectivity index (χ4n) is 4.35. The lowest BCUT2D eigenvalue weighted by Crippen LogP contribution is -2.29. The van der Waals surface area contributed by atoms with Crippen LogP contribution in [0.2, 0.25) is 0 Å². The number of hydrogen-bond acceptors (Lipinski definition) is 3. The Balaban J connectivity index is 2.37. The van der Waals surface area contributed by atoms with Crippen LogP contribution in [0.3, 0.4) is 0 Å². The van der Waals surface area contributed by atoms with Crippen LogP contribution in [0.5, 0.6) is 0 Å². The maximum atomic E-state index is 12.7. The van der Waals surface area contributed by atoms with Crippen molar-refractivity contribution in [3.8, 4) is 0 Å². The zero-order chi connectivity index (χ0) is 21.5. The van der Waals surface area contributed by atoms with Crippen LogP contribution in [0.25, 0.3) is 0 Å². The standard InChI is InChI=1S/C25H46O4/c1-4-5-6-7-11-14-23(15-12-9-8-10-13-20(2)3)29-25(28)22-18-16-21(17-19-22)24(26)27/h20-23H,4-19H2,1-3H3,(H,26,27). The summed E-state index contributed by atoms with van der Waals surface area (Å²) in [6.45, 7) is 6.78. The predicted molar refractivity (Wildman–Crippen MR) is 119 cm³/mol. The van der Waals surface area contributed by atoms with Gasteiger partial charge in [0.15, 0.2) is 0 Å². The van der Waals surface area contributed by atoms with E-state index in [1.54, 1.807) is 0 Å². The first kappa shape index (κ1) is 26.0. The molecule has 0 heterocycles. The van der Waals surface area contributed by atoms with Gasteiger partial charge in [-0.3, -0.25) is 9.59 Å². The summed E-state index contributed by atoms with van der Waals surface area (Å²) in [5.74, 6) is -0.395. The van der Waals surface area contributed by atoms with Gasteiger partial charge in [-0.1, -0.05) is 72.1 Å². The number of rotatable bonds is 16. The van der Waals surface area contributed by atoms with Crippen molar-refractivity contribution in [3.63, 3.8) is 0 Å². The monoisotopic (exact) mass is 410 g/mol. The molecule has 170 valence electrons. The van der Waals surface area contributed by atoms with Gasteiger partial charge in [0.1, 0.15) is 6.10 Å². The van der Waals surface area contributed by atoms with Crippen LogP contribution in [0.15, 0.2) is 0 Å². The van der Waals surface area contributed by atoms with E-state index in [0.29, 0.717) is 25.7 Å². The molecule has 0 aromatic rings. The number of carboxylic acids is 1. The van der Waals surface area contributed by atoms with E-state index >= 15 is 0 Å². The third-order valence-corrected chi connectivity index (χ3v) is 6.38. The molecule has 1 rings (SSSR count). The van der Waals surface area contributed by atoms with Gasteiger partial charge in [-0.15, -0.1) is 0 Å². The molecule has 1 N–H and O–H groups in total. The summed E-state index contributed by atoms with van der Waals surface area (Å²) in [4.78, 5) is 23.8. The molecule has 0 aliphatic heterocycles. The molecule has 0 aromatic carbocycles. The van der Waals surface area contributed by atoms with Crippen molar-refractivity contribution in [1.82, 2.24) is 0 Å². The number of hydrogen-bond donors (Lipinski definition) is 1. The van der Waals surface area contributed by atoms with Crippen LogP contribution in [-0.4, -0.2) is 23.1 Å². The number of carbonyl (C=O) groups is 2. The fourth-order valence-corrected chi connectivity index (χ4v) is 4.35. The van der Waals surface area contributed by atoms with Crippen LogP contribution in [-0.2, 0) is 14.3 Å². The van der Waals surface area contributed by atoms with Gasteiger partial charge < -0.3 is 9.84 Å². The first-order chi connectivity index (χ1) is 13.9. The van der Waals surface area contributed by atoms with Crippen LogP contribution >= 0.6 is 0 Å². The minimum Gasteiger partial charge on any atom is -0.481 e. The summed E-state index contributed by atoms with van der Waals surface area (Å²) >= 11 is 0. The Labute approximate surface area is 179 Å². The lowest BCUT2D eigenvalue weighted by Gasteiger charge is -2.27. The minimum atomic E-state index is -0.723. The SMILES string of the molecule is CCCCCCCC(CCCCCCC(C)C)OC(=O)C1CCC(C(=O)O)CC1. The van der Waals surface area contributed by atoms with Crippen molar-refractivity contribution in [2.45, 2.75) is 130 Å². The number of carboxylic acid groups (broad SMARTS) is 1. The van der Waals surface area contributed by atoms with E-state index in [2.05, 4.69) is 20.8 Å². The molecule has 1 aliphatic rings. The number of ether oxygens (including phenoxy) is 1. The lowest BCUT2D eigenvalue weighted by atomic mass is 9.82. The Hall–Kier alpha value is -1.06. The van der Waals surface area contributed by atoms with E-state index in [1.165, 1.54) is 51.4 Å². The highest BCUT2D eigenvalue weighted by atomic mass is 16.5. The van der Waals surface area contributed by atoms with Crippen molar-refractivity contribution in [1.29, 1.82) is 0 Å². The molecule has 1 atom stereocenters. The second-order valence-corrected chi connectivity index (χ2v) is 9.53. The zero-order valence-electron chi connectivity index (χ0n) is 19.3. The number of unbranched alkanes of at least 4 members (excludes halogenated alkanes) is 7. The molecule has 4 heteroatoms. The highest BCUT2D eigenvalue weighted by Gasteiger charge is 2.31. The summed E-state index contributed by atoms with van der Waals surface area (Å²) in [5.41, 5.74) is 0. The maximum Gasteiger partial charge on any atom is 0.309 e. The van der Waals surface area contributed by atoms with E-state index in [-0.39, 0.29) is 23.9 Å². The number of carbonyl (C=O) groups excluding carboxylic acids is 1. The molecular weight excluding hydrogens is 364 g/mol. The molecule has 1 fully saturated rings. The normalized spacial score (nSPS) is 20.6. The van der Waals surface area contributed by atoms with E-state index in [1.807, 2.05) is 0 Å². The third kappa shape index (κ3) is 12.3. The number of aliphatic carboxylic acids is 1. The van der Waals surface area contributed by atoms with Crippen molar-refractivity contribution >= 4 is 11.9 Å². The Morgan fingerprint density at radius 1 is 0.793 bits per heavy atom. The summed E-state index contributed by atoms with van der Waals surface area (Å²) in [6.07, 6.45) is 16.9. The summed E-state index contributed by atoms with van der Waals surface area (Å²) in [5, 5.41) is 9.14. The first-order valence-electron chi connectivity index (χ1n) is 12.4. The molecule has 1 aliphatic carbocycles. The van der Waals surface area contributed by atoms with Crippen molar-refractivity contribution < 1.29 is 19.4 Å². The molecule has 1 saturated carbocycles. The molecular formula is C25H46O4. The summed E-state index contributed by atoms with van der Waals surface area (Å²) in [7, 11) is 0. The smallest absolute Gasteiger partial charge is 0.309 e. The quantitative estimate of drug-likeness (QED) is 0.217. The molecule has 4 nitrogen and oxygen atoms in total. The molecule has 0 spiro atoms. The maximum absolute atomic E-state index is 12.7. The average molecular weight is 411 g/mol. The minimum absolute atomic E-state index is 0.0476. The number of esters is 1. The molecule has 29 heavy (non-hydrogen) atoms. The Morgan fingerprint density at radius 2 is 1.28 bits per heavy atom. The van der Waals surface area contributed by atoms with Gasteiger partial charge in [0.2, 0.25) is 0 Å². The Kier molecular flexibility index (Phi) is 14.1. The van der Waals surface area contributed by atoms with Crippen molar-refractivity contribution in [3.05, 3.63) is 0 Å². The van der Waals surface area contributed by atoms with Gasteiger partial charge in [0.25, 0.3) is 0 Å². The molecule has 0 amide bonds. The van der Waals surface area contributed by atoms with Crippen molar-refractivity contribution in [2.24, 2.45) is 17.8 Å². The largest absolute Gasteiger partial charge is 0.481 e. The predicted octanol–water partition coefficient (Wildman–Crippen LogP) is 7.15. The highest BCUT2D eigenvalue weighted by molar-refractivity contribution is 5.74. The molecule has 0 saturated heterocycles. The van der Waals surface area contributed by atoms with Crippen molar-refractivity contribution in [2.75, 3.05) is 0 Å². The van der Waals surface area contributed by atoms with E-state index in [4.69, 9.17) is 9.84 Å². The highest BCUT2D eigenvalue weighted by Crippen LogP contribution is 2.30. The van der Waals surface area contributed by atoms with E-state index in [0.717, 1.165) is 31.6 Å². The second-order valence-electron chi connectivity index (χ2n) is 9.53. The molecule has 0 radical (unpaired) electrons. The zero-order valence-corrected chi connectivity index (χ0v) is 19.3. The lowest BCUT2D eigenvalue weighted by molar-refractivity contribution is -0.158. The Bertz CT molecular complexity index is 438. The second kappa shape index (κ2) is 15.7. The van der Waals surface area contributed by atoms with Gasteiger partial charge in [-0.05, 0) is 57.3 Å². The van der Waals surface area contributed by atoms with Crippen LogP contribution < -0.4 is 0 Å². The fraction of sp³-hybridized carbons (Fsp3) is 0.920.